The van der Waals surface area contributed by atoms with Gasteiger partial charge in [-0.25, -0.2) is 0 Å². The summed E-state index contributed by atoms with van der Waals surface area (Å²) < 4.78 is 0. The van der Waals surface area contributed by atoms with Crippen molar-refractivity contribution in [1.29, 1.82) is 0 Å². The van der Waals surface area contributed by atoms with E-state index in [2.05, 4.69) is 30.5 Å². The molecule has 1 fully saturated rings. The highest BCUT2D eigenvalue weighted by Gasteiger charge is 2.32. The quantitative estimate of drug-likeness (QED) is 0.898. The van der Waals surface area contributed by atoms with E-state index in [-0.39, 0.29) is 5.91 Å². The van der Waals surface area contributed by atoms with Crippen LogP contribution < -0.4 is 10.6 Å². The van der Waals surface area contributed by atoms with Gasteiger partial charge >= 0.3 is 0 Å². The third-order valence-corrected chi connectivity index (χ3v) is 5.32. The largest absolute Gasteiger partial charge is 0.381 e. The average molecular weight is 292 g/mol. The van der Waals surface area contributed by atoms with E-state index in [9.17, 15) is 4.79 Å². The Bertz CT molecular complexity index is 499. The molecule has 0 aliphatic carbocycles. The second-order valence-corrected chi connectivity index (χ2v) is 7.22. The summed E-state index contributed by atoms with van der Waals surface area (Å²) in [6, 6.07) is 6.33. The maximum Gasteiger partial charge on any atom is 0.251 e. The summed E-state index contributed by atoms with van der Waals surface area (Å²) in [7, 11) is 1.67. The van der Waals surface area contributed by atoms with Crippen LogP contribution in [0.25, 0.3) is 0 Å². The molecule has 0 aromatic heterocycles. The summed E-state index contributed by atoms with van der Waals surface area (Å²) in [5.74, 6) is 2.34. The highest BCUT2D eigenvalue weighted by molar-refractivity contribution is 7.99. The van der Waals surface area contributed by atoms with Crippen LogP contribution in [0.15, 0.2) is 18.2 Å². The number of hydrogen-bond acceptors (Lipinski definition) is 3. The first-order valence-corrected chi connectivity index (χ1v) is 8.27. The normalized spacial score (nSPS) is 21.3. The van der Waals surface area contributed by atoms with Crippen LogP contribution in [0.3, 0.4) is 0 Å². The molecule has 0 spiro atoms. The Labute approximate surface area is 125 Å². The Balaban J connectivity index is 2.23. The Kier molecular flexibility index (Phi) is 4.63. The molecule has 1 aliphatic rings. The number of benzene rings is 1. The van der Waals surface area contributed by atoms with Gasteiger partial charge in [0, 0.05) is 30.1 Å². The molecule has 110 valence electrons. The Hall–Kier alpha value is -1.16. The van der Waals surface area contributed by atoms with Gasteiger partial charge < -0.3 is 10.6 Å². The van der Waals surface area contributed by atoms with Gasteiger partial charge in [0.2, 0.25) is 0 Å². The Morgan fingerprint density at radius 2 is 2.15 bits per heavy atom. The summed E-state index contributed by atoms with van der Waals surface area (Å²) in [4.78, 5) is 11.9. The zero-order valence-corrected chi connectivity index (χ0v) is 13.6. The molecule has 1 atom stereocenters. The van der Waals surface area contributed by atoms with Crippen LogP contribution in [0.1, 0.15) is 36.2 Å². The van der Waals surface area contributed by atoms with E-state index in [1.165, 1.54) is 12.2 Å². The standard InChI is InChI=1S/C16H24N2OS/c1-11-12(15(19)17-4)6-5-7-13(11)18-14-10-20-9-8-16(14,2)3/h5-7,14,18H,8-10H2,1-4H3,(H,17,19). The molecule has 1 heterocycles. The van der Waals surface area contributed by atoms with Crippen LogP contribution >= 0.6 is 11.8 Å². The number of carbonyl (C=O) groups is 1. The molecule has 2 rings (SSSR count). The van der Waals surface area contributed by atoms with Gasteiger partial charge in [0.15, 0.2) is 0 Å². The fourth-order valence-electron chi connectivity index (χ4n) is 2.53. The Morgan fingerprint density at radius 3 is 2.80 bits per heavy atom. The van der Waals surface area contributed by atoms with E-state index in [0.717, 1.165) is 22.6 Å². The minimum absolute atomic E-state index is 0.0246. The lowest BCUT2D eigenvalue weighted by atomic mass is 9.82. The lowest BCUT2D eigenvalue weighted by Crippen LogP contribution is -2.41. The maximum atomic E-state index is 11.9. The molecule has 1 unspecified atom stereocenters. The maximum absolute atomic E-state index is 11.9. The van der Waals surface area contributed by atoms with Crippen LogP contribution in [0.4, 0.5) is 5.69 Å². The summed E-state index contributed by atoms with van der Waals surface area (Å²) in [6.07, 6.45) is 1.23. The van der Waals surface area contributed by atoms with Gasteiger partial charge in [-0.1, -0.05) is 19.9 Å². The first-order valence-electron chi connectivity index (χ1n) is 7.11. The zero-order valence-electron chi connectivity index (χ0n) is 12.7. The molecule has 20 heavy (non-hydrogen) atoms. The first-order chi connectivity index (χ1) is 9.45. The van der Waals surface area contributed by atoms with E-state index in [4.69, 9.17) is 0 Å². The molecule has 1 aromatic carbocycles. The SMILES string of the molecule is CNC(=O)c1cccc(NC2CSCCC2(C)C)c1C. The molecule has 0 bridgehead atoms. The summed E-state index contributed by atoms with van der Waals surface area (Å²) in [5, 5.41) is 6.36. The van der Waals surface area contributed by atoms with Crippen molar-refractivity contribution in [3.05, 3.63) is 29.3 Å². The van der Waals surface area contributed by atoms with Crippen LogP contribution in [0, 0.1) is 12.3 Å². The van der Waals surface area contributed by atoms with Crippen LogP contribution in [-0.4, -0.2) is 30.5 Å². The van der Waals surface area contributed by atoms with Crippen molar-refractivity contribution in [2.75, 3.05) is 23.9 Å². The number of hydrogen-bond donors (Lipinski definition) is 2. The van der Waals surface area contributed by atoms with Crippen molar-refractivity contribution in [2.45, 2.75) is 33.2 Å². The van der Waals surface area contributed by atoms with E-state index in [1.54, 1.807) is 7.05 Å². The molecule has 0 radical (unpaired) electrons. The van der Waals surface area contributed by atoms with Gasteiger partial charge in [-0.15, -0.1) is 0 Å². The lowest BCUT2D eigenvalue weighted by molar-refractivity contribution is 0.0962. The molecule has 1 saturated heterocycles. The van der Waals surface area contributed by atoms with Gasteiger partial charge in [0.25, 0.3) is 5.91 Å². The van der Waals surface area contributed by atoms with Gasteiger partial charge in [-0.2, -0.15) is 11.8 Å². The van der Waals surface area contributed by atoms with Crippen molar-refractivity contribution < 1.29 is 4.79 Å². The fourth-order valence-corrected chi connectivity index (χ4v) is 4.14. The van der Waals surface area contributed by atoms with Crippen molar-refractivity contribution in [1.82, 2.24) is 5.32 Å². The van der Waals surface area contributed by atoms with Crippen LogP contribution in [0.5, 0.6) is 0 Å². The monoisotopic (exact) mass is 292 g/mol. The lowest BCUT2D eigenvalue weighted by Gasteiger charge is -2.39. The molecule has 3 nitrogen and oxygen atoms in total. The number of amides is 1. The average Bonchev–Trinajstić information content (AvgIpc) is 2.42. The van der Waals surface area contributed by atoms with Gasteiger partial charge in [-0.05, 0) is 42.2 Å². The van der Waals surface area contributed by atoms with Crippen molar-refractivity contribution >= 4 is 23.4 Å². The Morgan fingerprint density at radius 1 is 1.40 bits per heavy atom. The predicted molar refractivity (Wildman–Crippen MR) is 87.7 cm³/mol. The van der Waals surface area contributed by atoms with Gasteiger partial charge in [0.05, 0.1) is 0 Å². The van der Waals surface area contributed by atoms with Crippen LogP contribution in [-0.2, 0) is 0 Å². The second-order valence-electron chi connectivity index (χ2n) is 6.07. The van der Waals surface area contributed by atoms with Gasteiger partial charge in [0.1, 0.15) is 0 Å². The second kappa shape index (κ2) is 6.08. The molecular formula is C16H24N2OS. The number of anilines is 1. The number of thioether (sulfide) groups is 1. The van der Waals surface area contributed by atoms with Crippen molar-refractivity contribution in [2.24, 2.45) is 5.41 Å². The summed E-state index contributed by atoms with van der Waals surface area (Å²) in [6.45, 7) is 6.65. The minimum atomic E-state index is -0.0246. The van der Waals surface area contributed by atoms with E-state index >= 15 is 0 Å². The topological polar surface area (TPSA) is 41.1 Å². The van der Waals surface area contributed by atoms with Crippen LogP contribution in [0.2, 0.25) is 0 Å². The van der Waals surface area contributed by atoms with Gasteiger partial charge in [-0.3, -0.25) is 4.79 Å². The number of nitrogens with one attached hydrogen (secondary N) is 2. The third-order valence-electron chi connectivity index (χ3n) is 4.25. The minimum Gasteiger partial charge on any atom is -0.381 e. The molecule has 4 heteroatoms. The molecule has 2 N–H and O–H groups in total. The fraction of sp³-hybridized carbons (Fsp3) is 0.562. The summed E-state index contributed by atoms with van der Waals surface area (Å²) in [5.41, 5.74) is 3.14. The molecule has 1 aliphatic heterocycles. The van der Waals surface area contributed by atoms with Crippen molar-refractivity contribution in [3.8, 4) is 0 Å². The van der Waals surface area contributed by atoms with E-state index < -0.39 is 0 Å². The highest BCUT2D eigenvalue weighted by Crippen LogP contribution is 2.36. The smallest absolute Gasteiger partial charge is 0.251 e. The first kappa shape index (κ1) is 15.2. The van der Waals surface area contributed by atoms with E-state index in [0.29, 0.717) is 11.5 Å². The summed E-state index contributed by atoms with van der Waals surface area (Å²) >= 11 is 2.00. The number of rotatable bonds is 3. The zero-order chi connectivity index (χ0) is 14.8. The number of carbonyl (C=O) groups excluding carboxylic acids is 1. The molecular weight excluding hydrogens is 268 g/mol. The molecule has 1 aromatic rings. The highest BCUT2D eigenvalue weighted by atomic mass is 32.2. The molecule has 1 amide bonds. The predicted octanol–water partition coefficient (Wildman–Crippen LogP) is 3.30. The third kappa shape index (κ3) is 3.11. The van der Waals surface area contributed by atoms with E-state index in [1.807, 2.05) is 30.8 Å². The van der Waals surface area contributed by atoms with Crippen molar-refractivity contribution in [3.63, 3.8) is 0 Å². The molecule has 0 saturated carbocycles.